The molecular weight excluding hydrogens is 440 g/mol. The molecule has 33 heavy (non-hydrogen) atoms. The lowest BCUT2D eigenvalue weighted by Gasteiger charge is -2.15. The molecule has 2 aromatic carbocycles. The summed E-state index contributed by atoms with van der Waals surface area (Å²) in [6.45, 7) is 0.453. The second-order valence-electron chi connectivity index (χ2n) is 8.55. The van der Waals surface area contributed by atoms with Crippen LogP contribution in [0, 0.1) is 0 Å². The monoisotopic (exact) mass is 464 g/mol. The van der Waals surface area contributed by atoms with E-state index < -0.39 is 15.4 Å². The molecule has 3 aromatic rings. The Hall–Kier alpha value is -3.23. The minimum Gasteiger partial charge on any atom is -0.454 e. The number of ketones is 1. The Labute approximate surface area is 192 Å². The molecule has 2 aliphatic rings. The minimum absolute atomic E-state index is 0.160. The first-order valence-corrected chi connectivity index (χ1v) is 12.6. The van der Waals surface area contributed by atoms with Gasteiger partial charge in [-0.15, -0.1) is 0 Å². The second kappa shape index (κ2) is 8.28. The molecule has 1 aliphatic carbocycles. The number of pyridine rings is 1. The van der Waals surface area contributed by atoms with Crippen molar-refractivity contribution in [1.29, 1.82) is 0 Å². The molecule has 0 spiro atoms. The van der Waals surface area contributed by atoms with Gasteiger partial charge in [-0.05, 0) is 48.2 Å². The molecule has 0 saturated heterocycles. The fourth-order valence-corrected chi connectivity index (χ4v) is 4.56. The Morgan fingerprint density at radius 1 is 1.03 bits per heavy atom. The zero-order valence-electron chi connectivity index (χ0n) is 18.2. The summed E-state index contributed by atoms with van der Waals surface area (Å²) in [6.07, 6.45) is 3.05. The first-order chi connectivity index (χ1) is 15.8. The Morgan fingerprint density at radius 3 is 2.52 bits per heavy atom. The van der Waals surface area contributed by atoms with Crippen LogP contribution in [0.3, 0.4) is 0 Å². The van der Waals surface area contributed by atoms with E-state index >= 15 is 0 Å². The van der Waals surface area contributed by atoms with E-state index in [1.54, 1.807) is 0 Å². The van der Waals surface area contributed by atoms with Gasteiger partial charge in [0.25, 0.3) is 0 Å². The first-order valence-electron chi connectivity index (χ1n) is 10.8. The van der Waals surface area contributed by atoms with E-state index in [1.165, 1.54) is 0 Å². The third-order valence-electron chi connectivity index (χ3n) is 6.15. The average molecular weight is 465 g/mol. The summed E-state index contributed by atoms with van der Waals surface area (Å²) in [5.74, 6) is 1.57. The molecule has 0 bridgehead atoms. The van der Waals surface area contributed by atoms with Crippen LogP contribution < -0.4 is 14.2 Å². The predicted octanol–water partition coefficient (Wildman–Crippen LogP) is 3.37. The summed E-state index contributed by atoms with van der Waals surface area (Å²) in [7, 11) is -3.24. The maximum atomic E-state index is 13.3. The lowest BCUT2D eigenvalue weighted by Crippen LogP contribution is -2.23. The molecule has 0 amide bonds. The Morgan fingerprint density at radius 2 is 1.79 bits per heavy atom. The zero-order valence-corrected chi connectivity index (χ0v) is 19.0. The average Bonchev–Trinajstić information content (AvgIpc) is 3.49. The second-order valence-corrected chi connectivity index (χ2v) is 10.4. The van der Waals surface area contributed by atoms with Crippen LogP contribution in [0.4, 0.5) is 0 Å². The van der Waals surface area contributed by atoms with Gasteiger partial charge in [0.1, 0.15) is 5.78 Å². The molecule has 0 radical (unpaired) electrons. The third kappa shape index (κ3) is 4.62. The number of hydrogen-bond donors (Lipinski definition) is 1. The van der Waals surface area contributed by atoms with Crippen molar-refractivity contribution in [3.8, 4) is 22.8 Å². The molecule has 170 valence electrons. The lowest BCUT2D eigenvalue weighted by atomic mass is 9.88. The van der Waals surface area contributed by atoms with Gasteiger partial charge < -0.3 is 9.47 Å². The first kappa shape index (κ1) is 21.6. The lowest BCUT2D eigenvalue weighted by molar-refractivity contribution is -0.120. The number of hydrogen-bond acceptors (Lipinski definition) is 6. The molecule has 5 rings (SSSR count). The van der Waals surface area contributed by atoms with E-state index in [-0.39, 0.29) is 25.5 Å². The highest BCUT2D eigenvalue weighted by Gasteiger charge is 2.50. The molecule has 1 aliphatic heterocycles. The number of aromatic nitrogens is 1. The minimum atomic E-state index is -3.24. The van der Waals surface area contributed by atoms with Crippen LogP contribution in [0.2, 0.25) is 0 Å². The summed E-state index contributed by atoms with van der Waals surface area (Å²) >= 11 is 0. The number of nitrogens with one attached hydrogen (secondary N) is 1. The van der Waals surface area contributed by atoms with Gasteiger partial charge in [-0.1, -0.05) is 36.4 Å². The molecule has 1 aromatic heterocycles. The summed E-state index contributed by atoms with van der Waals surface area (Å²) < 4.78 is 35.9. The highest BCUT2D eigenvalue weighted by Crippen LogP contribution is 2.51. The highest BCUT2D eigenvalue weighted by atomic mass is 32.2. The number of benzene rings is 2. The van der Waals surface area contributed by atoms with Gasteiger partial charge in [-0.2, -0.15) is 0 Å². The fraction of sp³-hybridized carbons (Fsp3) is 0.280. The number of Topliss-reactive ketones (excluding diaryl/α,β-unsaturated/α-hetero) is 1. The summed E-state index contributed by atoms with van der Waals surface area (Å²) in [6, 6.07) is 19.0. The van der Waals surface area contributed by atoms with E-state index in [1.807, 2.05) is 60.7 Å². The van der Waals surface area contributed by atoms with E-state index in [9.17, 15) is 13.2 Å². The standard InChI is InChI=1S/C25H24N2O5S/c1-33(29,30)26-15-17-5-7-18(8-6-17)21-4-2-3-20(27-21)14-24(28)25(11-12-25)19-9-10-22-23(13-19)32-16-31-22/h2-10,13,26H,11-12,14-16H2,1H3. The number of rotatable bonds is 8. The zero-order chi connectivity index (χ0) is 23.1. The SMILES string of the molecule is CS(=O)(=O)NCc1ccc(-c2cccc(CC(=O)C3(c4ccc5c(c4)OCO5)CC3)n2)cc1. The van der Waals surface area contributed by atoms with Crippen LogP contribution in [-0.2, 0) is 33.2 Å². The number of ether oxygens (including phenoxy) is 2. The van der Waals surface area contributed by atoms with Crippen LogP contribution in [0.5, 0.6) is 11.5 Å². The third-order valence-corrected chi connectivity index (χ3v) is 6.81. The van der Waals surface area contributed by atoms with Crippen molar-refractivity contribution in [2.75, 3.05) is 13.0 Å². The van der Waals surface area contributed by atoms with E-state index in [2.05, 4.69) is 4.72 Å². The van der Waals surface area contributed by atoms with Gasteiger partial charge in [0.15, 0.2) is 11.5 Å². The van der Waals surface area contributed by atoms with Gasteiger partial charge in [-0.3, -0.25) is 9.78 Å². The quantitative estimate of drug-likeness (QED) is 0.549. The summed E-state index contributed by atoms with van der Waals surface area (Å²) in [5, 5.41) is 0. The van der Waals surface area contributed by atoms with Gasteiger partial charge in [0.05, 0.1) is 17.4 Å². The predicted molar refractivity (Wildman–Crippen MR) is 124 cm³/mol. The van der Waals surface area contributed by atoms with Crippen molar-refractivity contribution in [3.05, 3.63) is 77.5 Å². The Balaban J connectivity index is 1.30. The highest BCUT2D eigenvalue weighted by molar-refractivity contribution is 7.88. The Kier molecular flexibility index (Phi) is 5.42. The summed E-state index contributed by atoms with van der Waals surface area (Å²) in [4.78, 5) is 18.0. The number of nitrogens with zero attached hydrogens (tertiary/aromatic N) is 1. The van der Waals surface area contributed by atoms with Crippen LogP contribution in [0.1, 0.15) is 29.7 Å². The normalized spacial score (nSPS) is 15.9. The maximum Gasteiger partial charge on any atom is 0.231 e. The van der Waals surface area contributed by atoms with E-state index in [4.69, 9.17) is 14.5 Å². The molecule has 2 heterocycles. The number of fused-ring (bicyclic) bond motifs is 1. The van der Waals surface area contributed by atoms with Crippen molar-refractivity contribution < 1.29 is 22.7 Å². The largest absolute Gasteiger partial charge is 0.454 e. The van der Waals surface area contributed by atoms with Crippen molar-refractivity contribution >= 4 is 15.8 Å². The van der Waals surface area contributed by atoms with Crippen molar-refractivity contribution in [1.82, 2.24) is 9.71 Å². The molecule has 1 saturated carbocycles. The molecule has 0 unspecified atom stereocenters. The fourth-order valence-electron chi connectivity index (χ4n) is 4.13. The topological polar surface area (TPSA) is 94.6 Å². The summed E-state index contributed by atoms with van der Waals surface area (Å²) in [5.41, 5.74) is 3.78. The van der Waals surface area contributed by atoms with Crippen molar-refractivity contribution in [2.45, 2.75) is 31.2 Å². The van der Waals surface area contributed by atoms with Gasteiger partial charge in [0, 0.05) is 24.2 Å². The van der Waals surface area contributed by atoms with E-state index in [0.29, 0.717) is 5.75 Å². The number of carbonyl (C=O) groups is 1. The van der Waals surface area contributed by atoms with Gasteiger partial charge in [0.2, 0.25) is 16.8 Å². The van der Waals surface area contributed by atoms with Crippen LogP contribution in [0.15, 0.2) is 60.7 Å². The van der Waals surface area contributed by atoms with Crippen molar-refractivity contribution in [3.63, 3.8) is 0 Å². The van der Waals surface area contributed by atoms with Crippen LogP contribution >= 0.6 is 0 Å². The van der Waals surface area contributed by atoms with Crippen molar-refractivity contribution in [2.24, 2.45) is 0 Å². The molecule has 8 heteroatoms. The number of carbonyl (C=O) groups excluding carboxylic acids is 1. The Bertz CT molecular complexity index is 1310. The van der Waals surface area contributed by atoms with Crippen LogP contribution in [0.25, 0.3) is 11.3 Å². The van der Waals surface area contributed by atoms with Gasteiger partial charge in [-0.25, -0.2) is 13.1 Å². The molecule has 1 N–H and O–H groups in total. The molecule has 1 fully saturated rings. The molecule has 7 nitrogen and oxygen atoms in total. The maximum absolute atomic E-state index is 13.3. The van der Waals surface area contributed by atoms with E-state index in [0.717, 1.165) is 52.9 Å². The smallest absolute Gasteiger partial charge is 0.231 e. The van der Waals surface area contributed by atoms with Crippen LogP contribution in [-0.4, -0.2) is 32.2 Å². The molecule has 0 atom stereocenters. The molecular formula is C25H24N2O5S. The van der Waals surface area contributed by atoms with Gasteiger partial charge >= 0.3 is 0 Å². The number of sulfonamides is 1.